The molecule has 1 heterocycles. The monoisotopic (exact) mass is 395 g/mol. The predicted molar refractivity (Wildman–Crippen MR) is 114 cm³/mol. The highest BCUT2D eigenvalue weighted by Gasteiger charge is 2.19. The number of nitrogens with one attached hydrogen (secondary N) is 2. The first-order chi connectivity index (χ1) is 13.7. The molecule has 152 valence electrons. The van der Waals surface area contributed by atoms with E-state index in [4.69, 9.17) is 9.47 Å². The molecule has 1 aromatic heterocycles. The van der Waals surface area contributed by atoms with Crippen LogP contribution < -0.4 is 15.4 Å². The van der Waals surface area contributed by atoms with E-state index in [9.17, 15) is 9.59 Å². The molecule has 0 bridgehead atoms. The molecule has 2 amide bonds. The number of benzene rings is 2. The molecule has 2 N–H and O–H groups in total. The Morgan fingerprint density at radius 2 is 1.76 bits per heavy atom. The van der Waals surface area contributed by atoms with Gasteiger partial charge < -0.3 is 19.4 Å². The second-order valence-electron chi connectivity index (χ2n) is 7.66. The largest absolute Gasteiger partial charge is 0.497 e. The Morgan fingerprint density at radius 3 is 2.45 bits per heavy atom. The van der Waals surface area contributed by atoms with Gasteiger partial charge >= 0.3 is 6.09 Å². The maximum absolute atomic E-state index is 13.0. The third-order valence-electron chi connectivity index (χ3n) is 4.28. The summed E-state index contributed by atoms with van der Waals surface area (Å²) in [5.74, 6) is 0.259. The summed E-state index contributed by atoms with van der Waals surface area (Å²) in [7, 11) is 3.46. The number of anilines is 2. The van der Waals surface area contributed by atoms with Crippen LogP contribution in [-0.4, -0.2) is 29.3 Å². The highest BCUT2D eigenvalue weighted by Crippen LogP contribution is 2.29. The summed E-state index contributed by atoms with van der Waals surface area (Å²) in [5.41, 5.74) is 1.68. The number of hydrogen-bond donors (Lipinski definition) is 2. The normalized spacial score (nSPS) is 11.2. The van der Waals surface area contributed by atoms with Crippen LogP contribution >= 0.6 is 0 Å². The Hall–Kier alpha value is -3.48. The van der Waals surface area contributed by atoms with Gasteiger partial charge in [0, 0.05) is 35.8 Å². The van der Waals surface area contributed by atoms with E-state index in [2.05, 4.69) is 10.6 Å². The number of carbonyl (C=O) groups is 2. The van der Waals surface area contributed by atoms with Crippen molar-refractivity contribution in [3.63, 3.8) is 0 Å². The minimum Gasteiger partial charge on any atom is -0.497 e. The van der Waals surface area contributed by atoms with E-state index in [1.54, 1.807) is 45.0 Å². The number of aromatic nitrogens is 1. The molecule has 7 heteroatoms. The minimum absolute atomic E-state index is 0.290. The van der Waals surface area contributed by atoms with Gasteiger partial charge in [-0.1, -0.05) is 6.07 Å². The van der Waals surface area contributed by atoms with E-state index < -0.39 is 11.7 Å². The fourth-order valence-corrected chi connectivity index (χ4v) is 2.97. The van der Waals surface area contributed by atoms with E-state index in [1.165, 1.54) is 7.11 Å². The number of carbonyl (C=O) groups excluding carboxylic acids is 2. The van der Waals surface area contributed by atoms with E-state index in [-0.39, 0.29) is 5.91 Å². The smallest absolute Gasteiger partial charge is 0.412 e. The number of ether oxygens (including phenoxy) is 2. The van der Waals surface area contributed by atoms with E-state index in [0.717, 1.165) is 10.9 Å². The lowest BCUT2D eigenvalue weighted by atomic mass is 10.1. The van der Waals surface area contributed by atoms with Gasteiger partial charge in [0.05, 0.1) is 18.5 Å². The molecule has 2 aromatic carbocycles. The second-order valence-corrected chi connectivity index (χ2v) is 7.66. The SMILES string of the molecule is COc1ccc(NC(=O)OC(C)(C)C)c(NC(=O)c2cccc3c2ccn3C)c1. The molecule has 0 saturated heterocycles. The highest BCUT2D eigenvalue weighted by atomic mass is 16.6. The van der Waals surface area contributed by atoms with Crippen LogP contribution in [0.25, 0.3) is 10.9 Å². The number of fused-ring (bicyclic) bond motifs is 1. The Kier molecular flexibility index (Phi) is 5.50. The fraction of sp³-hybridized carbons (Fsp3) is 0.273. The molecule has 29 heavy (non-hydrogen) atoms. The summed E-state index contributed by atoms with van der Waals surface area (Å²) in [4.78, 5) is 25.2. The average Bonchev–Trinajstić information content (AvgIpc) is 3.02. The molecular formula is C22H25N3O4. The van der Waals surface area contributed by atoms with Crippen molar-refractivity contribution in [1.82, 2.24) is 4.57 Å². The number of hydrogen-bond acceptors (Lipinski definition) is 4. The standard InChI is InChI=1S/C22H25N3O4/c1-22(2,3)29-21(27)24-17-10-9-14(28-5)13-18(17)23-20(26)16-7-6-8-19-15(16)11-12-25(19)4/h6-13H,1-5H3,(H,23,26)(H,24,27). The van der Waals surface area contributed by atoms with E-state index in [0.29, 0.717) is 22.7 Å². The molecule has 0 unspecified atom stereocenters. The highest BCUT2D eigenvalue weighted by molar-refractivity contribution is 6.14. The van der Waals surface area contributed by atoms with Crippen LogP contribution in [0.4, 0.5) is 16.2 Å². The fourth-order valence-electron chi connectivity index (χ4n) is 2.97. The van der Waals surface area contributed by atoms with Crippen molar-refractivity contribution in [3.8, 4) is 5.75 Å². The van der Waals surface area contributed by atoms with Crippen LogP contribution in [0.1, 0.15) is 31.1 Å². The summed E-state index contributed by atoms with van der Waals surface area (Å²) >= 11 is 0. The number of amides is 2. The van der Waals surface area contributed by atoms with Crippen molar-refractivity contribution in [2.45, 2.75) is 26.4 Å². The van der Waals surface area contributed by atoms with Gasteiger partial charge in [0.25, 0.3) is 5.91 Å². The van der Waals surface area contributed by atoms with Crippen molar-refractivity contribution in [3.05, 3.63) is 54.2 Å². The lowest BCUT2D eigenvalue weighted by molar-refractivity contribution is 0.0635. The van der Waals surface area contributed by atoms with Crippen LogP contribution in [0, 0.1) is 0 Å². The summed E-state index contributed by atoms with van der Waals surface area (Å²) in [6.07, 6.45) is 1.30. The van der Waals surface area contributed by atoms with Gasteiger partial charge in [-0.05, 0) is 51.1 Å². The lowest BCUT2D eigenvalue weighted by Gasteiger charge is -2.21. The molecule has 0 saturated carbocycles. The van der Waals surface area contributed by atoms with Gasteiger partial charge in [0.2, 0.25) is 0 Å². The second kappa shape index (κ2) is 7.87. The van der Waals surface area contributed by atoms with Gasteiger partial charge in [0.1, 0.15) is 11.4 Å². The van der Waals surface area contributed by atoms with Gasteiger partial charge in [-0.25, -0.2) is 4.79 Å². The molecule has 0 aliphatic rings. The van der Waals surface area contributed by atoms with Crippen molar-refractivity contribution in [2.24, 2.45) is 7.05 Å². The van der Waals surface area contributed by atoms with Gasteiger partial charge in [0.15, 0.2) is 0 Å². The molecule has 3 aromatic rings. The quantitative estimate of drug-likeness (QED) is 0.666. The zero-order valence-corrected chi connectivity index (χ0v) is 17.2. The first-order valence-electron chi connectivity index (χ1n) is 9.21. The number of methoxy groups -OCH3 is 1. The first-order valence-corrected chi connectivity index (χ1v) is 9.21. The topological polar surface area (TPSA) is 81.6 Å². The van der Waals surface area contributed by atoms with Gasteiger partial charge in [-0.3, -0.25) is 10.1 Å². The zero-order chi connectivity index (χ0) is 21.2. The molecule has 0 atom stereocenters. The van der Waals surface area contributed by atoms with Crippen molar-refractivity contribution < 1.29 is 19.1 Å². The van der Waals surface area contributed by atoms with Crippen molar-refractivity contribution in [2.75, 3.05) is 17.7 Å². The molecule has 7 nitrogen and oxygen atoms in total. The summed E-state index contributed by atoms with van der Waals surface area (Å²) in [5, 5.41) is 6.40. The van der Waals surface area contributed by atoms with Crippen molar-refractivity contribution >= 4 is 34.3 Å². The van der Waals surface area contributed by atoms with Gasteiger partial charge in [-0.15, -0.1) is 0 Å². The average molecular weight is 395 g/mol. The number of nitrogens with zero attached hydrogens (tertiary/aromatic N) is 1. The van der Waals surface area contributed by atoms with E-state index in [1.807, 2.05) is 36.0 Å². The Morgan fingerprint density at radius 1 is 1.00 bits per heavy atom. The lowest BCUT2D eigenvalue weighted by Crippen LogP contribution is -2.27. The third-order valence-corrected chi connectivity index (χ3v) is 4.28. The zero-order valence-electron chi connectivity index (χ0n) is 17.2. The molecule has 0 spiro atoms. The summed E-state index contributed by atoms with van der Waals surface area (Å²) < 4.78 is 12.5. The van der Waals surface area contributed by atoms with Crippen molar-refractivity contribution in [1.29, 1.82) is 0 Å². The maximum Gasteiger partial charge on any atom is 0.412 e. The van der Waals surface area contributed by atoms with E-state index >= 15 is 0 Å². The number of rotatable bonds is 4. The van der Waals surface area contributed by atoms with Crippen LogP contribution in [-0.2, 0) is 11.8 Å². The number of aryl methyl sites for hydroxylation is 1. The maximum atomic E-state index is 13.0. The third kappa shape index (κ3) is 4.68. The van der Waals surface area contributed by atoms with Crippen LogP contribution in [0.5, 0.6) is 5.75 Å². The molecule has 0 aliphatic carbocycles. The minimum atomic E-state index is -0.636. The Balaban J connectivity index is 1.90. The van der Waals surface area contributed by atoms with Crippen LogP contribution in [0.15, 0.2) is 48.7 Å². The summed E-state index contributed by atoms with van der Waals surface area (Å²) in [6.45, 7) is 5.34. The first kappa shape index (κ1) is 20.3. The predicted octanol–water partition coefficient (Wildman–Crippen LogP) is 4.79. The van der Waals surface area contributed by atoms with Gasteiger partial charge in [-0.2, -0.15) is 0 Å². The molecule has 0 radical (unpaired) electrons. The molecular weight excluding hydrogens is 370 g/mol. The molecule has 0 aliphatic heterocycles. The van der Waals surface area contributed by atoms with Crippen LogP contribution in [0.3, 0.4) is 0 Å². The summed E-state index contributed by atoms with van der Waals surface area (Å²) in [6, 6.07) is 12.4. The molecule has 3 rings (SSSR count). The Bertz CT molecular complexity index is 1060. The van der Waals surface area contributed by atoms with Crippen LogP contribution in [0.2, 0.25) is 0 Å². The Labute approximate surface area is 169 Å². The molecule has 0 fully saturated rings.